The highest BCUT2D eigenvalue weighted by Gasteiger charge is 2.30. The van der Waals surface area contributed by atoms with Gasteiger partial charge in [-0.15, -0.1) is 0 Å². The molecule has 0 radical (unpaired) electrons. The topological polar surface area (TPSA) is 65.0 Å². The molecule has 1 N–H and O–H groups in total. The van der Waals surface area contributed by atoms with E-state index in [2.05, 4.69) is 4.52 Å². The van der Waals surface area contributed by atoms with E-state index >= 15 is 0 Å². The van der Waals surface area contributed by atoms with Crippen molar-refractivity contribution in [1.29, 1.82) is 0 Å². The Kier molecular flexibility index (Phi) is 4.70. The fourth-order valence-corrected chi connectivity index (χ4v) is 2.15. The zero-order valence-electron chi connectivity index (χ0n) is 9.22. The van der Waals surface area contributed by atoms with Gasteiger partial charge in [0.05, 0.1) is 26.9 Å². The highest BCUT2D eigenvalue weighted by Crippen LogP contribution is 2.43. The zero-order chi connectivity index (χ0) is 11.4. The van der Waals surface area contributed by atoms with Crippen molar-refractivity contribution in [3.05, 3.63) is 0 Å². The summed E-state index contributed by atoms with van der Waals surface area (Å²) in [4.78, 5) is 9.23. The molecular formula is C8H19NO5P+. The Morgan fingerprint density at radius 3 is 2.53 bits per heavy atom. The first kappa shape index (κ1) is 13.1. The average Bonchev–Trinajstić information content (AvgIpc) is 2.17. The number of ether oxygens (including phenoxy) is 1. The van der Waals surface area contributed by atoms with Gasteiger partial charge in [-0.05, 0) is 6.92 Å². The molecule has 1 aliphatic rings. The van der Waals surface area contributed by atoms with Crippen molar-refractivity contribution in [2.45, 2.75) is 6.92 Å². The maximum absolute atomic E-state index is 11.3. The van der Waals surface area contributed by atoms with Gasteiger partial charge in [-0.3, -0.25) is 9.01 Å². The molecule has 0 aromatic rings. The maximum Gasteiger partial charge on any atom is 0.476 e. The molecule has 0 aromatic heterocycles. The van der Waals surface area contributed by atoms with E-state index in [0.29, 0.717) is 17.7 Å². The fraction of sp³-hybridized carbons (Fsp3) is 1.00. The largest absolute Gasteiger partial charge is 0.476 e. The third-order valence-electron chi connectivity index (χ3n) is 2.38. The van der Waals surface area contributed by atoms with E-state index in [1.54, 1.807) is 6.92 Å². The number of hydrogen-bond acceptors (Lipinski definition) is 4. The first-order valence-electron chi connectivity index (χ1n) is 5.01. The average molecular weight is 240 g/mol. The molecule has 6 nitrogen and oxygen atoms in total. The standard InChI is InChI=1S/C8H18NO5P/c1-3-13-15(10,11)14-8-9(2)4-6-12-7-5-9/h3-8H2,1-2H3/p+1. The van der Waals surface area contributed by atoms with Crippen LogP contribution in [0.2, 0.25) is 0 Å². The molecule has 15 heavy (non-hydrogen) atoms. The van der Waals surface area contributed by atoms with E-state index in [9.17, 15) is 9.46 Å². The summed E-state index contributed by atoms with van der Waals surface area (Å²) >= 11 is 0. The van der Waals surface area contributed by atoms with Gasteiger partial charge < -0.3 is 9.63 Å². The molecule has 1 fully saturated rings. The van der Waals surface area contributed by atoms with E-state index < -0.39 is 7.82 Å². The van der Waals surface area contributed by atoms with Crippen LogP contribution in [0.25, 0.3) is 0 Å². The van der Waals surface area contributed by atoms with Gasteiger partial charge in [-0.2, -0.15) is 0 Å². The van der Waals surface area contributed by atoms with Crippen molar-refractivity contribution in [2.75, 3.05) is 46.7 Å². The normalized spacial score (nSPS) is 24.7. The van der Waals surface area contributed by atoms with Crippen LogP contribution in [0.5, 0.6) is 0 Å². The maximum atomic E-state index is 11.3. The minimum Gasteiger partial charge on any atom is -0.370 e. The lowest BCUT2D eigenvalue weighted by Gasteiger charge is -2.36. The van der Waals surface area contributed by atoms with E-state index in [1.165, 1.54) is 0 Å². The first-order chi connectivity index (χ1) is 6.97. The Bertz CT molecular complexity index is 241. The molecule has 1 rings (SSSR count). The number of morpholine rings is 1. The second-order valence-corrected chi connectivity index (χ2v) is 5.28. The van der Waals surface area contributed by atoms with Crippen LogP contribution in [-0.2, 0) is 18.3 Å². The van der Waals surface area contributed by atoms with Gasteiger partial charge in [0.25, 0.3) is 0 Å². The third-order valence-corrected chi connectivity index (χ3v) is 3.40. The van der Waals surface area contributed by atoms with E-state index in [4.69, 9.17) is 9.26 Å². The summed E-state index contributed by atoms with van der Waals surface area (Å²) in [6, 6.07) is 0. The molecule has 1 saturated heterocycles. The van der Waals surface area contributed by atoms with Crippen molar-refractivity contribution in [2.24, 2.45) is 0 Å². The molecule has 1 unspecified atom stereocenters. The number of nitrogens with zero attached hydrogens (tertiary/aromatic N) is 1. The number of phosphoric acid groups is 1. The lowest BCUT2D eigenvalue weighted by Crippen LogP contribution is -2.52. The van der Waals surface area contributed by atoms with Crippen molar-refractivity contribution in [3.8, 4) is 0 Å². The third kappa shape index (κ3) is 4.59. The minimum atomic E-state index is -3.86. The number of rotatable bonds is 5. The number of hydrogen-bond donors (Lipinski definition) is 1. The molecule has 1 atom stereocenters. The number of likely N-dealkylation sites (N-methyl/N-ethyl adjacent to an activating group) is 1. The number of quaternary nitrogens is 1. The van der Waals surface area contributed by atoms with Gasteiger partial charge >= 0.3 is 7.82 Å². The Labute approximate surface area is 89.9 Å². The summed E-state index contributed by atoms with van der Waals surface area (Å²) in [5.41, 5.74) is 0. The smallest absolute Gasteiger partial charge is 0.370 e. The second-order valence-electron chi connectivity index (χ2n) is 3.82. The van der Waals surface area contributed by atoms with Crippen LogP contribution >= 0.6 is 7.82 Å². The van der Waals surface area contributed by atoms with Crippen LogP contribution < -0.4 is 0 Å². The second kappa shape index (κ2) is 5.39. The Morgan fingerprint density at radius 2 is 2.00 bits per heavy atom. The summed E-state index contributed by atoms with van der Waals surface area (Å²) in [6.45, 7) is 4.88. The van der Waals surface area contributed by atoms with E-state index in [-0.39, 0.29) is 13.3 Å². The SMILES string of the molecule is CCOP(=O)(O)OC[N+]1(C)CCOCC1. The molecular weight excluding hydrogens is 221 g/mol. The predicted molar refractivity (Wildman–Crippen MR) is 54.1 cm³/mol. The minimum absolute atomic E-state index is 0.167. The quantitative estimate of drug-likeness (QED) is 0.562. The molecule has 7 heteroatoms. The monoisotopic (exact) mass is 240 g/mol. The summed E-state index contributed by atoms with van der Waals surface area (Å²) in [6.07, 6.45) is 0. The molecule has 0 aromatic carbocycles. The summed E-state index contributed by atoms with van der Waals surface area (Å²) in [7, 11) is -1.89. The molecule has 0 saturated carbocycles. The molecule has 90 valence electrons. The van der Waals surface area contributed by atoms with Crippen LogP contribution in [-0.4, -0.2) is 56.1 Å². The molecule has 1 aliphatic heterocycles. The van der Waals surface area contributed by atoms with Crippen molar-refractivity contribution in [3.63, 3.8) is 0 Å². The Balaban J connectivity index is 2.37. The van der Waals surface area contributed by atoms with Gasteiger partial charge in [-0.1, -0.05) is 0 Å². The molecule has 0 spiro atoms. The van der Waals surface area contributed by atoms with Crippen LogP contribution in [0.15, 0.2) is 0 Å². The predicted octanol–water partition coefficient (Wildman–Crippen LogP) is 0.574. The number of phosphoric ester groups is 1. The van der Waals surface area contributed by atoms with Gasteiger partial charge in [0.1, 0.15) is 13.1 Å². The fourth-order valence-electron chi connectivity index (χ4n) is 1.33. The van der Waals surface area contributed by atoms with E-state index in [0.717, 1.165) is 13.1 Å². The lowest BCUT2D eigenvalue weighted by atomic mass is 10.4. The highest BCUT2D eigenvalue weighted by atomic mass is 31.2. The van der Waals surface area contributed by atoms with Crippen molar-refractivity contribution < 1.29 is 27.7 Å². The van der Waals surface area contributed by atoms with Gasteiger partial charge in [0, 0.05) is 0 Å². The van der Waals surface area contributed by atoms with Gasteiger partial charge in [0.2, 0.25) is 0 Å². The van der Waals surface area contributed by atoms with Gasteiger partial charge in [0.15, 0.2) is 6.73 Å². The van der Waals surface area contributed by atoms with E-state index in [1.807, 2.05) is 7.05 Å². The summed E-state index contributed by atoms with van der Waals surface area (Å²) in [5, 5.41) is 0. The van der Waals surface area contributed by atoms with Gasteiger partial charge in [-0.25, -0.2) is 9.09 Å². The molecule has 0 amide bonds. The summed E-state index contributed by atoms with van der Waals surface area (Å²) in [5.74, 6) is 0. The Hall–Kier alpha value is 0.0300. The zero-order valence-corrected chi connectivity index (χ0v) is 10.1. The first-order valence-corrected chi connectivity index (χ1v) is 6.50. The van der Waals surface area contributed by atoms with Crippen LogP contribution in [0.3, 0.4) is 0 Å². The van der Waals surface area contributed by atoms with Crippen molar-refractivity contribution >= 4 is 7.82 Å². The molecule has 1 heterocycles. The highest BCUT2D eigenvalue weighted by molar-refractivity contribution is 7.47. The summed E-state index contributed by atoms with van der Waals surface area (Å²) < 4.78 is 26.6. The Morgan fingerprint density at radius 1 is 1.40 bits per heavy atom. The van der Waals surface area contributed by atoms with Crippen LogP contribution in [0, 0.1) is 0 Å². The van der Waals surface area contributed by atoms with Crippen LogP contribution in [0.4, 0.5) is 0 Å². The van der Waals surface area contributed by atoms with Crippen LogP contribution in [0.1, 0.15) is 6.92 Å². The molecule has 0 bridgehead atoms. The lowest BCUT2D eigenvalue weighted by molar-refractivity contribution is -0.931. The van der Waals surface area contributed by atoms with Crippen molar-refractivity contribution in [1.82, 2.24) is 0 Å². The molecule has 0 aliphatic carbocycles.